The molecule has 154 valence electrons. The lowest BCUT2D eigenvalue weighted by molar-refractivity contribution is 0.401. The van der Waals surface area contributed by atoms with Crippen molar-refractivity contribution in [3.63, 3.8) is 0 Å². The zero-order valence-electron chi connectivity index (χ0n) is 16.6. The minimum Gasteiger partial charge on any atom is -0.355 e. The van der Waals surface area contributed by atoms with E-state index in [4.69, 9.17) is 0 Å². The lowest BCUT2D eigenvalue weighted by Crippen LogP contribution is -2.18. The van der Waals surface area contributed by atoms with Gasteiger partial charge in [-0.05, 0) is 27.1 Å². The van der Waals surface area contributed by atoms with E-state index in [1.54, 1.807) is 36.1 Å². The summed E-state index contributed by atoms with van der Waals surface area (Å²) in [6.45, 7) is 3.33. The van der Waals surface area contributed by atoms with Crippen molar-refractivity contribution < 1.29 is 0 Å². The van der Waals surface area contributed by atoms with Gasteiger partial charge in [-0.25, -0.2) is 9.97 Å². The first-order valence-corrected chi connectivity index (χ1v) is 11.2. The predicted molar refractivity (Wildman–Crippen MR) is 120 cm³/mol. The second-order valence-electron chi connectivity index (χ2n) is 6.77. The zero-order chi connectivity index (χ0) is 20.8. The van der Waals surface area contributed by atoms with Crippen molar-refractivity contribution in [2.24, 2.45) is 0 Å². The van der Waals surface area contributed by atoms with E-state index in [1.165, 1.54) is 12.3 Å². The highest BCUT2D eigenvalue weighted by Crippen LogP contribution is 2.18. The smallest absolute Gasteiger partial charge is 0.260 e. The van der Waals surface area contributed by atoms with Gasteiger partial charge < -0.3 is 15.2 Å². The van der Waals surface area contributed by atoms with Gasteiger partial charge in [-0.1, -0.05) is 0 Å². The highest BCUT2D eigenvalue weighted by Gasteiger charge is 2.10. The number of nitrogens with one attached hydrogen (secondary N) is 3. The monoisotopic (exact) mass is 432 g/mol. The van der Waals surface area contributed by atoms with Gasteiger partial charge in [0.05, 0.1) is 17.0 Å². The van der Waals surface area contributed by atoms with Gasteiger partial charge >= 0.3 is 0 Å². The lowest BCUT2D eigenvalue weighted by Gasteiger charge is -2.09. The number of hydrogen-bond acceptors (Lipinski definition) is 8. The fourth-order valence-corrected chi connectivity index (χ4v) is 4.52. The highest BCUT2D eigenvalue weighted by atomic mass is 32.2. The summed E-state index contributed by atoms with van der Waals surface area (Å²) in [5.74, 6) is 2.17. The lowest BCUT2D eigenvalue weighted by atomic mass is 10.1. The molecule has 0 spiro atoms. The molecular formula is C19H24N6O2S2. The SMILES string of the molecule is Cc1nc(NCCSCc2csc(CN(C)C)n2)[nH]c(=O)c1-c1ccc(=O)[nH]c1. The van der Waals surface area contributed by atoms with E-state index in [0.29, 0.717) is 29.3 Å². The largest absolute Gasteiger partial charge is 0.355 e. The van der Waals surface area contributed by atoms with Crippen molar-refractivity contribution in [3.8, 4) is 11.1 Å². The standard InChI is InChI=1S/C19H24N6O2S2/c1-12-17(13-4-5-15(26)21-8-13)18(27)24-19(22-12)20-6-7-28-10-14-11-29-16(23-14)9-25(2)3/h4-5,8,11H,6-7,9-10H2,1-3H3,(H,21,26)(H2,20,22,24,27). The molecule has 0 aromatic carbocycles. The quantitative estimate of drug-likeness (QED) is 0.445. The van der Waals surface area contributed by atoms with Crippen LogP contribution in [0.15, 0.2) is 33.3 Å². The van der Waals surface area contributed by atoms with Crippen LogP contribution < -0.4 is 16.4 Å². The molecule has 0 saturated carbocycles. The first kappa shape index (κ1) is 21.3. The van der Waals surface area contributed by atoms with Gasteiger partial charge in [0.2, 0.25) is 11.5 Å². The number of anilines is 1. The molecule has 0 bridgehead atoms. The van der Waals surface area contributed by atoms with Crippen LogP contribution in [0.3, 0.4) is 0 Å². The molecule has 0 aliphatic rings. The van der Waals surface area contributed by atoms with Crippen molar-refractivity contribution in [2.75, 3.05) is 31.7 Å². The summed E-state index contributed by atoms with van der Waals surface area (Å²) in [6.07, 6.45) is 1.52. The van der Waals surface area contributed by atoms with Crippen LogP contribution in [0.1, 0.15) is 16.4 Å². The molecule has 3 heterocycles. The topological polar surface area (TPSA) is 107 Å². The summed E-state index contributed by atoms with van der Waals surface area (Å²) < 4.78 is 0. The van der Waals surface area contributed by atoms with E-state index in [2.05, 4.69) is 35.5 Å². The Morgan fingerprint density at radius 2 is 2.07 bits per heavy atom. The van der Waals surface area contributed by atoms with E-state index in [0.717, 1.165) is 28.8 Å². The number of rotatable bonds is 9. The number of aromatic amines is 2. The summed E-state index contributed by atoms with van der Waals surface area (Å²) in [4.78, 5) is 40.2. The fourth-order valence-electron chi connectivity index (χ4n) is 2.75. The van der Waals surface area contributed by atoms with Gasteiger partial charge in [0, 0.05) is 47.8 Å². The van der Waals surface area contributed by atoms with Crippen molar-refractivity contribution in [3.05, 3.63) is 60.8 Å². The summed E-state index contributed by atoms with van der Waals surface area (Å²) >= 11 is 3.47. The van der Waals surface area contributed by atoms with E-state index in [9.17, 15) is 9.59 Å². The molecule has 0 atom stereocenters. The van der Waals surface area contributed by atoms with Crippen LogP contribution in [0.5, 0.6) is 0 Å². The average Bonchev–Trinajstić information content (AvgIpc) is 3.09. The Hall–Kier alpha value is -2.43. The first-order valence-electron chi connectivity index (χ1n) is 9.12. The van der Waals surface area contributed by atoms with E-state index >= 15 is 0 Å². The molecule has 10 heteroatoms. The van der Waals surface area contributed by atoms with E-state index in [-0.39, 0.29) is 11.1 Å². The van der Waals surface area contributed by atoms with Crippen LogP contribution in [0.4, 0.5) is 5.95 Å². The number of aromatic nitrogens is 4. The van der Waals surface area contributed by atoms with Crippen LogP contribution >= 0.6 is 23.1 Å². The zero-order valence-corrected chi connectivity index (χ0v) is 18.2. The molecule has 3 rings (SSSR count). The van der Waals surface area contributed by atoms with Crippen LogP contribution in [0.25, 0.3) is 11.1 Å². The number of thioether (sulfide) groups is 1. The number of H-pyrrole nitrogens is 2. The minimum atomic E-state index is -0.240. The normalized spacial score (nSPS) is 11.2. The second kappa shape index (κ2) is 9.86. The molecule has 0 aliphatic heterocycles. The fraction of sp³-hybridized carbons (Fsp3) is 0.368. The number of hydrogen-bond donors (Lipinski definition) is 3. The maximum absolute atomic E-state index is 12.5. The Labute approximate surface area is 176 Å². The molecule has 29 heavy (non-hydrogen) atoms. The Bertz CT molecular complexity index is 1050. The molecule has 0 saturated heterocycles. The summed E-state index contributed by atoms with van der Waals surface area (Å²) in [5.41, 5.74) is 2.35. The third-order valence-electron chi connectivity index (χ3n) is 4.01. The van der Waals surface area contributed by atoms with Gasteiger partial charge in [-0.3, -0.25) is 14.6 Å². The predicted octanol–water partition coefficient (Wildman–Crippen LogP) is 2.30. The summed E-state index contributed by atoms with van der Waals surface area (Å²) in [5, 5.41) is 6.40. The number of pyridine rings is 1. The molecule has 0 amide bonds. The maximum atomic E-state index is 12.5. The molecular weight excluding hydrogens is 408 g/mol. The van der Waals surface area contributed by atoms with Crippen LogP contribution in [-0.2, 0) is 12.3 Å². The summed E-state index contributed by atoms with van der Waals surface area (Å²) in [7, 11) is 4.07. The molecule has 0 unspecified atom stereocenters. The molecule has 3 aromatic rings. The van der Waals surface area contributed by atoms with Gasteiger partial charge in [0.15, 0.2) is 0 Å². The molecule has 3 N–H and O–H groups in total. The number of nitrogens with zero attached hydrogens (tertiary/aromatic N) is 3. The van der Waals surface area contributed by atoms with Crippen molar-refractivity contribution in [1.82, 2.24) is 24.8 Å². The van der Waals surface area contributed by atoms with Gasteiger partial charge in [-0.2, -0.15) is 11.8 Å². The highest BCUT2D eigenvalue weighted by molar-refractivity contribution is 7.98. The summed E-state index contributed by atoms with van der Waals surface area (Å²) in [6, 6.07) is 3.01. The number of thiazole rings is 1. The first-order chi connectivity index (χ1) is 13.9. The minimum absolute atomic E-state index is 0.210. The molecule has 3 aromatic heterocycles. The maximum Gasteiger partial charge on any atom is 0.260 e. The second-order valence-corrected chi connectivity index (χ2v) is 8.81. The van der Waals surface area contributed by atoms with E-state index in [1.807, 2.05) is 14.1 Å². The molecule has 8 nitrogen and oxygen atoms in total. The van der Waals surface area contributed by atoms with Gasteiger partial charge in [0.1, 0.15) is 5.01 Å². The van der Waals surface area contributed by atoms with Crippen molar-refractivity contribution >= 4 is 29.0 Å². The molecule has 0 radical (unpaired) electrons. The van der Waals surface area contributed by atoms with Crippen molar-refractivity contribution in [2.45, 2.75) is 19.2 Å². The molecule has 0 fully saturated rings. The average molecular weight is 433 g/mol. The number of aryl methyl sites for hydroxylation is 1. The third-order valence-corrected chi connectivity index (χ3v) is 5.89. The van der Waals surface area contributed by atoms with Crippen LogP contribution in [0.2, 0.25) is 0 Å². The van der Waals surface area contributed by atoms with Gasteiger partial charge in [-0.15, -0.1) is 11.3 Å². The van der Waals surface area contributed by atoms with E-state index < -0.39 is 0 Å². The Kier molecular flexibility index (Phi) is 7.24. The molecule has 0 aliphatic carbocycles. The van der Waals surface area contributed by atoms with Crippen LogP contribution in [0, 0.1) is 6.92 Å². The van der Waals surface area contributed by atoms with Crippen molar-refractivity contribution in [1.29, 1.82) is 0 Å². The van der Waals surface area contributed by atoms with Gasteiger partial charge in [0.25, 0.3) is 5.56 Å². The Morgan fingerprint density at radius 3 is 2.76 bits per heavy atom. The Balaban J connectivity index is 1.51. The Morgan fingerprint density at radius 1 is 1.24 bits per heavy atom. The third kappa shape index (κ3) is 6.02. The van der Waals surface area contributed by atoms with Crippen LogP contribution in [-0.4, -0.2) is 51.2 Å².